The Balaban J connectivity index is 1.40. The van der Waals surface area contributed by atoms with Crippen molar-refractivity contribution < 1.29 is 0 Å². The molecule has 0 bridgehead atoms. The summed E-state index contributed by atoms with van der Waals surface area (Å²) in [5, 5.41) is 2.42. The summed E-state index contributed by atoms with van der Waals surface area (Å²) < 4.78 is 0. The van der Waals surface area contributed by atoms with Crippen molar-refractivity contribution in [2.24, 2.45) is 0 Å². The highest BCUT2D eigenvalue weighted by Gasteiger charge is 2.23. The molecule has 1 N–H and O–H groups in total. The van der Waals surface area contributed by atoms with Crippen molar-refractivity contribution in [1.29, 1.82) is 0 Å². The van der Waals surface area contributed by atoms with Gasteiger partial charge in [0.1, 0.15) is 5.82 Å². The Morgan fingerprint density at radius 2 is 1.22 bits per heavy atom. The Morgan fingerprint density at radius 1 is 0.556 bits per heavy atom. The molecule has 0 amide bonds. The first-order chi connectivity index (χ1) is 26.0. The molecular weight excluding hydrogens is 657 g/mol. The third-order valence-corrected chi connectivity index (χ3v) is 10.5. The normalized spacial score (nSPS) is 12.1. The van der Waals surface area contributed by atoms with Gasteiger partial charge in [-0.05, 0) is 106 Å². The summed E-state index contributed by atoms with van der Waals surface area (Å²) in [4.78, 5) is 16.3. The second-order valence-corrected chi connectivity index (χ2v) is 16.4. The van der Waals surface area contributed by atoms with Gasteiger partial charge in [-0.25, -0.2) is 9.97 Å². The minimum atomic E-state index is -0.0125. The van der Waals surface area contributed by atoms with Crippen LogP contribution in [0.5, 0.6) is 0 Å². The highest BCUT2D eigenvalue weighted by atomic mass is 15.2. The third-order valence-electron chi connectivity index (χ3n) is 10.5. The number of benzene rings is 5. The number of nitrogens with zero attached hydrogens (tertiary/aromatic N) is 3. The van der Waals surface area contributed by atoms with E-state index in [0.717, 1.165) is 62.7 Å². The Morgan fingerprint density at radius 3 is 1.93 bits per heavy atom. The first kappa shape index (κ1) is 35.1. The third kappa shape index (κ3) is 6.80. The van der Waals surface area contributed by atoms with Gasteiger partial charge in [0.15, 0.2) is 0 Å². The van der Waals surface area contributed by atoms with Gasteiger partial charge in [-0.3, -0.25) is 4.90 Å². The van der Waals surface area contributed by atoms with Crippen molar-refractivity contribution in [3.63, 3.8) is 0 Å². The van der Waals surface area contributed by atoms with E-state index in [0.29, 0.717) is 0 Å². The summed E-state index contributed by atoms with van der Waals surface area (Å²) in [7, 11) is 0. The molecule has 8 aromatic rings. The summed E-state index contributed by atoms with van der Waals surface area (Å²) in [6, 6.07) is 50.3. The smallest absolute Gasteiger partial charge is 0.137 e. The Labute approximate surface area is 319 Å². The van der Waals surface area contributed by atoms with Crippen LogP contribution in [0, 0.1) is 0 Å². The van der Waals surface area contributed by atoms with Crippen LogP contribution in [0.4, 0.5) is 17.2 Å². The first-order valence-corrected chi connectivity index (χ1v) is 19.1. The van der Waals surface area contributed by atoms with E-state index < -0.39 is 0 Å². The van der Waals surface area contributed by atoms with Crippen molar-refractivity contribution >= 4 is 39.0 Å². The van der Waals surface area contributed by atoms with Gasteiger partial charge in [0.05, 0.1) is 16.9 Å². The number of H-pyrrole nitrogens is 1. The van der Waals surface area contributed by atoms with Crippen LogP contribution in [0.1, 0.15) is 65.2 Å². The van der Waals surface area contributed by atoms with Crippen molar-refractivity contribution in [2.45, 2.75) is 65.7 Å². The molecule has 0 atom stereocenters. The predicted molar refractivity (Wildman–Crippen MR) is 229 cm³/mol. The zero-order chi connectivity index (χ0) is 37.6. The van der Waals surface area contributed by atoms with E-state index in [9.17, 15) is 0 Å². The number of fused-ring (bicyclic) bond motifs is 3. The van der Waals surface area contributed by atoms with E-state index >= 15 is 0 Å². The monoisotopic (exact) mass is 704 g/mol. The summed E-state index contributed by atoms with van der Waals surface area (Å²) in [6.07, 6.45) is 2.74. The molecule has 8 rings (SSSR count). The molecule has 268 valence electrons. The van der Waals surface area contributed by atoms with Gasteiger partial charge >= 0.3 is 0 Å². The molecule has 3 aromatic heterocycles. The first-order valence-electron chi connectivity index (χ1n) is 19.1. The number of rotatable bonds is 7. The lowest BCUT2D eigenvalue weighted by molar-refractivity contribution is 0.569. The Kier molecular flexibility index (Phi) is 8.93. The van der Waals surface area contributed by atoms with Gasteiger partial charge < -0.3 is 4.98 Å². The van der Waals surface area contributed by atoms with Crippen LogP contribution < -0.4 is 4.90 Å². The molecule has 0 aliphatic rings. The van der Waals surface area contributed by atoms with Crippen LogP contribution in [0.3, 0.4) is 0 Å². The van der Waals surface area contributed by atoms with Gasteiger partial charge in [0, 0.05) is 45.0 Å². The maximum atomic E-state index is 5.53. The van der Waals surface area contributed by atoms with Gasteiger partial charge in [0.25, 0.3) is 0 Å². The lowest BCUT2D eigenvalue weighted by Gasteiger charge is -2.26. The van der Waals surface area contributed by atoms with Crippen LogP contribution in [-0.2, 0) is 17.3 Å². The molecule has 0 saturated carbocycles. The molecule has 4 heteroatoms. The van der Waals surface area contributed by atoms with Crippen LogP contribution >= 0.6 is 0 Å². The summed E-state index contributed by atoms with van der Waals surface area (Å²) in [5.41, 5.74) is 14.5. The molecular formula is C50H48N4. The lowest BCUT2D eigenvalue weighted by atomic mass is 9.79. The highest BCUT2D eigenvalue weighted by Crippen LogP contribution is 2.41. The SMILES string of the molecule is CCc1cc(-c2cc(-c3cc(C(C)(C)C)cc(C(C)(C)C)c3)cc(-c3cccc4c3[nH]c3ccccc34)n2)cc(N(c2ccccc2)c2ccccn2)c1. The number of aryl methyl sites for hydroxylation is 1. The number of anilines is 3. The number of hydrogen-bond acceptors (Lipinski definition) is 3. The maximum absolute atomic E-state index is 5.53. The van der Waals surface area contributed by atoms with Crippen LogP contribution in [0.15, 0.2) is 146 Å². The summed E-state index contributed by atoms with van der Waals surface area (Å²) in [6.45, 7) is 16.0. The van der Waals surface area contributed by atoms with E-state index in [-0.39, 0.29) is 10.8 Å². The van der Waals surface area contributed by atoms with E-state index in [4.69, 9.17) is 9.97 Å². The summed E-state index contributed by atoms with van der Waals surface area (Å²) >= 11 is 0. The van der Waals surface area contributed by atoms with Gasteiger partial charge in [0.2, 0.25) is 0 Å². The minimum Gasteiger partial charge on any atom is -0.354 e. The average molecular weight is 705 g/mol. The number of pyridine rings is 2. The van der Waals surface area contributed by atoms with Crippen LogP contribution in [-0.4, -0.2) is 15.0 Å². The van der Waals surface area contributed by atoms with E-state index in [1.165, 1.54) is 33.0 Å². The molecule has 54 heavy (non-hydrogen) atoms. The number of hydrogen-bond donors (Lipinski definition) is 1. The average Bonchev–Trinajstić information content (AvgIpc) is 3.57. The molecule has 0 aliphatic carbocycles. The number of aromatic amines is 1. The number of para-hydroxylation sites is 3. The largest absolute Gasteiger partial charge is 0.354 e. The van der Waals surface area contributed by atoms with E-state index in [1.54, 1.807) is 0 Å². The Bertz CT molecular complexity index is 2530. The van der Waals surface area contributed by atoms with Gasteiger partial charge in [-0.1, -0.05) is 127 Å². The van der Waals surface area contributed by atoms with Gasteiger partial charge in [-0.15, -0.1) is 0 Å². The van der Waals surface area contributed by atoms with E-state index in [1.807, 2.05) is 18.3 Å². The number of aromatic nitrogens is 3. The minimum absolute atomic E-state index is 0.0125. The standard InChI is InChI=1S/C50H48N4/c1-8-33-25-36(29-40(26-33)54(39-17-10-9-11-18-39)47-23-14-15-24-51-47)45-30-35(34-27-37(49(2,3)4)32-38(28-34)50(5,6)7)31-46(52-45)43-21-16-20-42-41-19-12-13-22-44(41)53-48(42)43/h9-32,53H,8H2,1-7H3. The molecule has 0 radical (unpaired) electrons. The fourth-order valence-electron chi connectivity index (χ4n) is 7.36. The molecule has 3 heterocycles. The van der Waals surface area contributed by atoms with E-state index in [2.05, 4.69) is 186 Å². The maximum Gasteiger partial charge on any atom is 0.137 e. The molecule has 5 aromatic carbocycles. The zero-order valence-electron chi connectivity index (χ0n) is 32.4. The van der Waals surface area contributed by atoms with Crippen LogP contribution in [0.2, 0.25) is 0 Å². The van der Waals surface area contributed by atoms with Crippen molar-refractivity contribution in [3.05, 3.63) is 162 Å². The quantitative estimate of drug-likeness (QED) is 0.180. The van der Waals surface area contributed by atoms with Crippen LogP contribution in [0.25, 0.3) is 55.4 Å². The molecule has 4 nitrogen and oxygen atoms in total. The molecule has 0 fully saturated rings. The zero-order valence-corrected chi connectivity index (χ0v) is 32.4. The highest BCUT2D eigenvalue weighted by molar-refractivity contribution is 6.11. The topological polar surface area (TPSA) is 44.8 Å². The predicted octanol–water partition coefficient (Wildman–Crippen LogP) is 13.7. The van der Waals surface area contributed by atoms with Crippen molar-refractivity contribution in [1.82, 2.24) is 15.0 Å². The second kappa shape index (κ2) is 13.8. The molecule has 0 saturated heterocycles. The molecule has 0 aliphatic heterocycles. The molecule has 0 spiro atoms. The number of nitrogens with one attached hydrogen (secondary N) is 1. The fraction of sp³-hybridized carbons (Fsp3) is 0.200. The van der Waals surface area contributed by atoms with Gasteiger partial charge in [-0.2, -0.15) is 0 Å². The molecule has 0 unspecified atom stereocenters. The lowest BCUT2D eigenvalue weighted by Crippen LogP contribution is -2.16. The van der Waals surface area contributed by atoms with Crippen molar-refractivity contribution in [2.75, 3.05) is 4.90 Å². The Hall–Kier alpha value is -6.00. The fourth-order valence-corrected chi connectivity index (χ4v) is 7.36. The second-order valence-electron chi connectivity index (χ2n) is 16.4. The summed E-state index contributed by atoms with van der Waals surface area (Å²) in [5.74, 6) is 0.865. The van der Waals surface area contributed by atoms with Crippen molar-refractivity contribution in [3.8, 4) is 33.6 Å².